The molecule has 1 amide bonds. The molecule has 0 radical (unpaired) electrons. The molecule has 44 heavy (non-hydrogen) atoms. The molecule has 226 valence electrons. The molecule has 0 aliphatic carbocycles. The molecule has 0 spiro atoms. The summed E-state index contributed by atoms with van der Waals surface area (Å²) in [6, 6.07) is 33.2. The number of para-hydroxylation sites is 1. The van der Waals surface area contributed by atoms with Crippen molar-refractivity contribution in [1.29, 1.82) is 0 Å². The van der Waals surface area contributed by atoms with Gasteiger partial charge in [-0.25, -0.2) is 0 Å². The number of amides is 1. The fourth-order valence-corrected chi connectivity index (χ4v) is 5.36. The predicted octanol–water partition coefficient (Wildman–Crippen LogP) is 6.07. The molecule has 2 N–H and O–H groups in total. The van der Waals surface area contributed by atoms with Gasteiger partial charge in [0.05, 0.1) is 12.5 Å². The number of rotatable bonds is 12. The van der Waals surface area contributed by atoms with Crippen molar-refractivity contribution in [2.75, 3.05) is 38.0 Å². The van der Waals surface area contributed by atoms with Crippen LogP contribution in [0.1, 0.15) is 40.2 Å². The average molecular weight is 592 g/mol. The molecule has 1 fully saturated rings. The van der Waals surface area contributed by atoms with Crippen LogP contribution in [0.4, 0.5) is 5.69 Å². The van der Waals surface area contributed by atoms with Gasteiger partial charge in [0.25, 0.3) is 0 Å². The summed E-state index contributed by atoms with van der Waals surface area (Å²) in [7, 11) is 0. The van der Waals surface area contributed by atoms with E-state index in [0.29, 0.717) is 23.4 Å². The van der Waals surface area contributed by atoms with Crippen LogP contribution in [0.2, 0.25) is 0 Å². The molecule has 8 nitrogen and oxygen atoms in total. The van der Waals surface area contributed by atoms with Gasteiger partial charge in [0.1, 0.15) is 11.5 Å². The Hall–Kier alpha value is -4.79. The highest BCUT2D eigenvalue weighted by molar-refractivity contribution is 5.99. The predicted molar refractivity (Wildman–Crippen MR) is 170 cm³/mol. The van der Waals surface area contributed by atoms with Gasteiger partial charge in [0, 0.05) is 37.3 Å². The number of nitrogens with zero attached hydrogens (tertiary/aromatic N) is 2. The number of hydrogen-bond donors (Lipinski definition) is 2. The smallest absolute Gasteiger partial charge is 0.311 e. The number of nitrogens with one attached hydrogen (secondary N) is 1. The Labute approximate surface area is 257 Å². The van der Waals surface area contributed by atoms with E-state index in [2.05, 4.69) is 15.1 Å². The van der Waals surface area contributed by atoms with Crippen LogP contribution in [0.5, 0.6) is 11.5 Å². The zero-order valence-corrected chi connectivity index (χ0v) is 24.6. The van der Waals surface area contributed by atoms with E-state index in [1.54, 1.807) is 24.3 Å². The van der Waals surface area contributed by atoms with Gasteiger partial charge in [-0.15, -0.1) is 0 Å². The first-order valence-corrected chi connectivity index (χ1v) is 14.9. The molecular formula is C36H37N3O5. The quantitative estimate of drug-likeness (QED) is 0.193. The molecule has 1 aliphatic heterocycles. The number of Topliss-reactive ketones (excluding diaryl/α,β-unsaturated/α-hetero) is 1. The number of ether oxygens (including phenoxy) is 1. The van der Waals surface area contributed by atoms with E-state index in [9.17, 15) is 19.5 Å². The van der Waals surface area contributed by atoms with Crippen molar-refractivity contribution in [1.82, 2.24) is 9.80 Å². The van der Waals surface area contributed by atoms with E-state index in [1.807, 2.05) is 84.9 Å². The minimum Gasteiger partial charge on any atom is -0.481 e. The van der Waals surface area contributed by atoms with Gasteiger partial charge >= 0.3 is 5.97 Å². The maximum absolute atomic E-state index is 12.8. The molecule has 1 atom stereocenters. The average Bonchev–Trinajstić information content (AvgIpc) is 3.26. The van der Waals surface area contributed by atoms with Crippen LogP contribution in [-0.4, -0.2) is 65.3 Å². The zero-order chi connectivity index (χ0) is 30.7. The Morgan fingerprint density at radius 2 is 1.34 bits per heavy atom. The topological polar surface area (TPSA) is 99.2 Å². The first kappa shape index (κ1) is 30.7. The summed E-state index contributed by atoms with van der Waals surface area (Å²) in [5.74, 6) is -0.671. The second-order valence-corrected chi connectivity index (χ2v) is 11.0. The lowest BCUT2D eigenvalue weighted by molar-refractivity contribution is -0.138. The van der Waals surface area contributed by atoms with Crippen molar-refractivity contribution in [3.63, 3.8) is 0 Å². The number of carboxylic acid groups (broad SMARTS) is 1. The van der Waals surface area contributed by atoms with Gasteiger partial charge in [-0.3, -0.25) is 24.2 Å². The number of carbonyl (C=O) groups excluding carboxylic acids is 2. The summed E-state index contributed by atoms with van der Waals surface area (Å²) in [5, 5.41) is 12.8. The Morgan fingerprint density at radius 1 is 0.727 bits per heavy atom. The number of ketones is 1. The third-order valence-electron chi connectivity index (χ3n) is 7.74. The summed E-state index contributed by atoms with van der Waals surface area (Å²) in [6.45, 7) is 4.40. The standard InChI is InChI=1S/C36H37N3O5/c40-34(29-8-3-1-4-9-29)24-33(36(42)43)28-14-12-27(13-15-28)25-38-20-7-21-39(23-22-38)26-35(41)37-30-16-18-32(19-17-30)44-31-10-5-2-6-11-31/h1-6,8-19,33H,7,20-26H2,(H,37,41)(H,42,43). The Balaban J connectivity index is 1.08. The van der Waals surface area contributed by atoms with Gasteiger partial charge in [0.2, 0.25) is 5.91 Å². The van der Waals surface area contributed by atoms with Crippen molar-refractivity contribution in [2.24, 2.45) is 0 Å². The molecule has 4 aromatic rings. The van der Waals surface area contributed by atoms with Crippen molar-refractivity contribution in [2.45, 2.75) is 25.3 Å². The molecule has 4 aromatic carbocycles. The van der Waals surface area contributed by atoms with Crippen LogP contribution in [0.15, 0.2) is 109 Å². The molecule has 8 heteroatoms. The van der Waals surface area contributed by atoms with Crippen molar-refractivity contribution in [3.05, 3.63) is 126 Å². The zero-order valence-electron chi connectivity index (χ0n) is 24.6. The normalized spacial score (nSPS) is 14.7. The van der Waals surface area contributed by atoms with Crippen LogP contribution in [0, 0.1) is 0 Å². The van der Waals surface area contributed by atoms with Gasteiger partial charge in [-0.1, -0.05) is 72.8 Å². The van der Waals surface area contributed by atoms with E-state index in [1.165, 1.54) is 0 Å². The Kier molecular flexibility index (Phi) is 10.5. The van der Waals surface area contributed by atoms with Gasteiger partial charge in [-0.05, 0) is 67.0 Å². The van der Waals surface area contributed by atoms with Gasteiger partial charge in [-0.2, -0.15) is 0 Å². The number of aliphatic carboxylic acids is 1. The number of hydrogen-bond acceptors (Lipinski definition) is 6. The third kappa shape index (κ3) is 8.86. The van der Waals surface area contributed by atoms with Crippen molar-refractivity contribution in [3.8, 4) is 11.5 Å². The van der Waals surface area contributed by atoms with Crippen LogP contribution in [0.25, 0.3) is 0 Å². The van der Waals surface area contributed by atoms with Gasteiger partial charge < -0.3 is 15.2 Å². The number of anilines is 1. The minimum atomic E-state index is -1.01. The summed E-state index contributed by atoms with van der Waals surface area (Å²) >= 11 is 0. The van der Waals surface area contributed by atoms with E-state index >= 15 is 0 Å². The molecule has 1 unspecified atom stereocenters. The lowest BCUT2D eigenvalue weighted by Crippen LogP contribution is -2.36. The number of carbonyl (C=O) groups is 3. The van der Waals surface area contributed by atoms with E-state index < -0.39 is 11.9 Å². The molecule has 0 saturated carbocycles. The van der Waals surface area contributed by atoms with Gasteiger partial charge in [0.15, 0.2) is 5.78 Å². The highest BCUT2D eigenvalue weighted by atomic mass is 16.5. The Bertz CT molecular complexity index is 1530. The molecular weight excluding hydrogens is 554 g/mol. The summed E-state index contributed by atoms with van der Waals surface area (Å²) in [5.41, 5.74) is 2.95. The second-order valence-electron chi connectivity index (χ2n) is 11.0. The monoisotopic (exact) mass is 591 g/mol. The fraction of sp³-hybridized carbons (Fsp3) is 0.250. The molecule has 0 bridgehead atoms. The lowest BCUT2D eigenvalue weighted by atomic mass is 9.91. The molecule has 1 saturated heterocycles. The first-order valence-electron chi connectivity index (χ1n) is 14.9. The molecule has 5 rings (SSSR count). The van der Waals surface area contributed by atoms with Crippen molar-refractivity contribution >= 4 is 23.3 Å². The maximum atomic E-state index is 12.8. The summed E-state index contributed by atoms with van der Waals surface area (Å²) in [6.07, 6.45) is 0.863. The summed E-state index contributed by atoms with van der Waals surface area (Å²) in [4.78, 5) is 41.9. The third-order valence-corrected chi connectivity index (χ3v) is 7.74. The highest BCUT2D eigenvalue weighted by Crippen LogP contribution is 2.24. The lowest BCUT2D eigenvalue weighted by Gasteiger charge is -2.22. The fourth-order valence-electron chi connectivity index (χ4n) is 5.36. The number of carboxylic acids is 1. The van der Waals surface area contributed by atoms with Crippen LogP contribution >= 0.6 is 0 Å². The highest BCUT2D eigenvalue weighted by Gasteiger charge is 2.24. The SMILES string of the molecule is O=C(CN1CCCN(Cc2ccc(C(CC(=O)c3ccccc3)C(=O)O)cc2)CC1)Nc1ccc(Oc2ccccc2)cc1. The Morgan fingerprint density at radius 3 is 2.02 bits per heavy atom. The first-order chi connectivity index (χ1) is 21.4. The second kappa shape index (κ2) is 15.1. The van der Waals surface area contributed by atoms with Crippen LogP contribution < -0.4 is 10.1 Å². The molecule has 0 aromatic heterocycles. The maximum Gasteiger partial charge on any atom is 0.311 e. The van der Waals surface area contributed by atoms with Crippen LogP contribution in [-0.2, 0) is 16.1 Å². The molecule has 1 aliphatic rings. The van der Waals surface area contributed by atoms with E-state index in [-0.39, 0.29) is 18.1 Å². The van der Waals surface area contributed by atoms with E-state index in [0.717, 1.165) is 56.1 Å². The van der Waals surface area contributed by atoms with Crippen LogP contribution in [0.3, 0.4) is 0 Å². The minimum absolute atomic E-state index is 0.0514. The molecule has 1 heterocycles. The van der Waals surface area contributed by atoms with E-state index in [4.69, 9.17) is 4.74 Å². The number of benzene rings is 4. The largest absolute Gasteiger partial charge is 0.481 e. The van der Waals surface area contributed by atoms with Crippen molar-refractivity contribution < 1.29 is 24.2 Å². The summed E-state index contributed by atoms with van der Waals surface area (Å²) < 4.78 is 5.82.